The molecule has 0 radical (unpaired) electrons. The molecule has 0 saturated carbocycles. The van der Waals surface area contributed by atoms with Crippen LogP contribution in [-0.2, 0) is 21.4 Å². The van der Waals surface area contributed by atoms with E-state index in [1.165, 1.54) is 0 Å². The number of nitrogens with zero attached hydrogens (tertiary/aromatic N) is 3. The maximum Gasteiger partial charge on any atom is 0.245 e. The Hall–Kier alpha value is -3.41. The van der Waals surface area contributed by atoms with Crippen molar-refractivity contribution in [1.29, 1.82) is 0 Å². The van der Waals surface area contributed by atoms with Crippen molar-refractivity contribution in [2.75, 3.05) is 18.4 Å². The molecule has 0 atom stereocenters. The van der Waals surface area contributed by atoms with Crippen LogP contribution in [-0.4, -0.2) is 39.6 Å². The van der Waals surface area contributed by atoms with E-state index in [9.17, 15) is 9.59 Å². The predicted molar refractivity (Wildman–Crippen MR) is 142 cm³/mol. The van der Waals surface area contributed by atoms with Gasteiger partial charge in [-0.25, -0.2) is 4.68 Å². The zero-order valence-corrected chi connectivity index (χ0v) is 21.8. The van der Waals surface area contributed by atoms with E-state index in [1.54, 1.807) is 9.58 Å². The van der Waals surface area contributed by atoms with Crippen molar-refractivity contribution in [3.8, 4) is 5.69 Å². The van der Waals surface area contributed by atoms with Crippen molar-refractivity contribution in [3.05, 3.63) is 77.5 Å². The number of amides is 2. The second-order valence-electron chi connectivity index (χ2n) is 10.6. The van der Waals surface area contributed by atoms with Crippen LogP contribution in [0, 0.1) is 12.8 Å². The third kappa shape index (κ3) is 7.54. The van der Waals surface area contributed by atoms with Crippen molar-refractivity contribution >= 4 is 17.6 Å². The molecular weight excluding hydrogens is 436 g/mol. The third-order valence-corrected chi connectivity index (χ3v) is 5.77. The number of aromatic nitrogens is 2. The lowest BCUT2D eigenvalue weighted by Gasteiger charge is -2.24. The van der Waals surface area contributed by atoms with Gasteiger partial charge in [-0.2, -0.15) is 5.10 Å². The summed E-state index contributed by atoms with van der Waals surface area (Å²) in [6, 6.07) is 19.9. The molecule has 35 heavy (non-hydrogen) atoms. The molecule has 0 aliphatic carbocycles. The summed E-state index contributed by atoms with van der Waals surface area (Å²) in [5.74, 6) is 0.617. The summed E-state index contributed by atoms with van der Waals surface area (Å²) >= 11 is 0. The molecule has 2 aromatic carbocycles. The zero-order chi connectivity index (χ0) is 25.6. The van der Waals surface area contributed by atoms with Crippen LogP contribution in [0.5, 0.6) is 0 Å². The highest BCUT2D eigenvalue weighted by atomic mass is 16.2. The summed E-state index contributed by atoms with van der Waals surface area (Å²) in [5, 5.41) is 7.80. The lowest BCUT2D eigenvalue weighted by atomic mass is 9.92. The van der Waals surface area contributed by atoms with Crippen LogP contribution in [0.15, 0.2) is 60.7 Å². The third-order valence-electron chi connectivity index (χ3n) is 5.77. The standard InChI is InChI=1S/C29H38N4O2/c1-21(2)19-32(28(35)17-14-23-10-8-7-9-11-23)20-27(34)30-26-18-25(29(4,5)6)31-33(26)24-15-12-22(3)13-16-24/h7-13,15-16,18,21H,14,17,19-20H2,1-6H3,(H,30,34). The van der Waals surface area contributed by atoms with Crippen LogP contribution in [0.1, 0.15) is 57.9 Å². The average molecular weight is 475 g/mol. The molecule has 1 aromatic heterocycles. The number of hydrogen-bond donors (Lipinski definition) is 1. The predicted octanol–water partition coefficient (Wildman–Crippen LogP) is 5.53. The number of hydrogen-bond acceptors (Lipinski definition) is 3. The topological polar surface area (TPSA) is 67.2 Å². The smallest absolute Gasteiger partial charge is 0.245 e. The molecule has 6 nitrogen and oxygen atoms in total. The van der Waals surface area contributed by atoms with E-state index in [1.807, 2.05) is 67.6 Å². The van der Waals surface area contributed by atoms with E-state index in [0.717, 1.165) is 22.5 Å². The van der Waals surface area contributed by atoms with Crippen LogP contribution in [0.3, 0.4) is 0 Å². The molecule has 0 aliphatic heterocycles. The van der Waals surface area contributed by atoms with Crippen LogP contribution in [0.2, 0.25) is 0 Å². The van der Waals surface area contributed by atoms with E-state index in [-0.39, 0.29) is 29.7 Å². The van der Waals surface area contributed by atoms with E-state index in [4.69, 9.17) is 5.10 Å². The molecule has 3 rings (SSSR count). The highest BCUT2D eigenvalue weighted by Crippen LogP contribution is 2.26. The van der Waals surface area contributed by atoms with Crippen molar-refractivity contribution in [2.45, 2.75) is 59.8 Å². The normalized spacial score (nSPS) is 11.5. The summed E-state index contributed by atoms with van der Waals surface area (Å²) < 4.78 is 1.77. The first-order valence-electron chi connectivity index (χ1n) is 12.3. The largest absolute Gasteiger partial charge is 0.333 e. The Kier molecular flexibility index (Phi) is 8.49. The van der Waals surface area contributed by atoms with Crippen LogP contribution in [0.25, 0.3) is 5.69 Å². The first-order chi connectivity index (χ1) is 16.5. The van der Waals surface area contributed by atoms with Crippen LogP contribution in [0.4, 0.5) is 5.82 Å². The highest BCUT2D eigenvalue weighted by Gasteiger charge is 2.23. The lowest BCUT2D eigenvalue weighted by molar-refractivity contribution is -0.135. The Morgan fingerprint density at radius 3 is 2.29 bits per heavy atom. The lowest BCUT2D eigenvalue weighted by Crippen LogP contribution is -2.40. The van der Waals surface area contributed by atoms with Crippen molar-refractivity contribution in [1.82, 2.24) is 14.7 Å². The summed E-state index contributed by atoms with van der Waals surface area (Å²) in [5.41, 5.74) is 3.85. The summed E-state index contributed by atoms with van der Waals surface area (Å²) in [6.07, 6.45) is 1.03. The molecule has 0 saturated heterocycles. The SMILES string of the molecule is Cc1ccc(-n2nc(C(C)(C)C)cc2NC(=O)CN(CC(C)C)C(=O)CCc2ccccc2)cc1. The van der Waals surface area contributed by atoms with Gasteiger partial charge in [0.1, 0.15) is 5.82 Å². The Bertz CT molecular complexity index is 1130. The van der Waals surface area contributed by atoms with Gasteiger partial charge in [-0.05, 0) is 37.0 Å². The maximum atomic E-state index is 13.1. The molecule has 186 valence electrons. The van der Waals surface area contributed by atoms with Gasteiger partial charge in [-0.3, -0.25) is 9.59 Å². The van der Waals surface area contributed by atoms with E-state index >= 15 is 0 Å². The second-order valence-corrected chi connectivity index (χ2v) is 10.6. The first kappa shape index (κ1) is 26.2. The summed E-state index contributed by atoms with van der Waals surface area (Å²) in [4.78, 5) is 27.8. The minimum absolute atomic E-state index is 0.00965. The molecule has 1 N–H and O–H groups in total. The van der Waals surface area contributed by atoms with Gasteiger partial charge in [0.2, 0.25) is 11.8 Å². The fourth-order valence-corrected chi connectivity index (χ4v) is 3.82. The van der Waals surface area contributed by atoms with Gasteiger partial charge in [0.05, 0.1) is 17.9 Å². The van der Waals surface area contributed by atoms with E-state index < -0.39 is 0 Å². The molecule has 6 heteroatoms. The number of benzene rings is 2. The monoisotopic (exact) mass is 474 g/mol. The molecule has 0 bridgehead atoms. The second kappa shape index (κ2) is 11.3. The molecule has 0 aliphatic rings. The molecule has 2 amide bonds. The number of anilines is 1. The molecule has 1 heterocycles. The number of aryl methyl sites for hydroxylation is 2. The fraction of sp³-hybridized carbons (Fsp3) is 0.414. The van der Waals surface area contributed by atoms with Crippen molar-refractivity contribution < 1.29 is 9.59 Å². The van der Waals surface area contributed by atoms with Crippen LogP contribution >= 0.6 is 0 Å². The van der Waals surface area contributed by atoms with Gasteiger partial charge >= 0.3 is 0 Å². The number of rotatable bonds is 9. The Morgan fingerprint density at radius 1 is 1.03 bits per heavy atom. The van der Waals surface area contributed by atoms with Gasteiger partial charge in [0.15, 0.2) is 0 Å². The quantitative estimate of drug-likeness (QED) is 0.443. The first-order valence-corrected chi connectivity index (χ1v) is 12.3. The fourth-order valence-electron chi connectivity index (χ4n) is 3.82. The maximum absolute atomic E-state index is 13.1. The van der Waals surface area contributed by atoms with Gasteiger partial charge in [0.25, 0.3) is 0 Å². The number of carbonyl (C=O) groups is 2. The minimum Gasteiger partial charge on any atom is -0.333 e. The molecule has 0 unspecified atom stereocenters. The highest BCUT2D eigenvalue weighted by molar-refractivity contribution is 5.94. The minimum atomic E-state index is -0.229. The Morgan fingerprint density at radius 2 is 1.69 bits per heavy atom. The van der Waals surface area contributed by atoms with Gasteiger partial charge < -0.3 is 10.2 Å². The number of carbonyl (C=O) groups excluding carboxylic acids is 2. The van der Waals surface area contributed by atoms with Crippen molar-refractivity contribution in [3.63, 3.8) is 0 Å². The van der Waals surface area contributed by atoms with Gasteiger partial charge in [-0.15, -0.1) is 0 Å². The van der Waals surface area contributed by atoms with Crippen LogP contribution < -0.4 is 5.32 Å². The Balaban J connectivity index is 1.76. The molecule has 3 aromatic rings. The van der Waals surface area contributed by atoms with E-state index in [2.05, 4.69) is 39.9 Å². The van der Waals surface area contributed by atoms with Gasteiger partial charge in [-0.1, -0.05) is 82.6 Å². The molecule has 0 fully saturated rings. The summed E-state index contributed by atoms with van der Waals surface area (Å²) in [7, 11) is 0. The molecular formula is C29H38N4O2. The molecule has 0 spiro atoms. The van der Waals surface area contributed by atoms with E-state index in [0.29, 0.717) is 25.2 Å². The van der Waals surface area contributed by atoms with Gasteiger partial charge in [0, 0.05) is 24.4 Å². The number of nitrogens with one attached hydrogen (secondary N) is 1. The average Bonchev–Trinajstić information content (AvgIpc) is 3.22. The van der Waals surface area contributed by atoms with Crippen molar-refractivity contribution in [2.24, 2.45) is 5.92 Å². The summed E-state index contributed by atoms with van der Waals surface area (Å²) in [6.45, 7) is 13.0. The zero-order valence-electron chi connectivity index (χ0n) is 21.8. The Labute approximate surface area is 209 Å².